The zero-order valence-electron chi connectivity index (χ0n) is 18.1. The van der Waals surface area contributed by atoms with Gasteiger partial charge in [0.2, 0.25) is 5.90 Å². The van der Waals surface area contributed by atoms with Gasteiger partial charge in [-0.25, -0.2) is 9.79 Å². The fourth-order valence-corrected chi connectivity index (χ4v) is 3.84. The van der Waals surface area contributed by atoms with Gasteiger partial charge in [-0.2, -0.15) is 0 Å². The Kier molecular flexibility index (Phi) is 7.16. The van der Waals surface area contributed by atoms with E-state index in [2.05, 4.69) is 20.9 Å². The minimum absolute atomic E-state index is 0.190. The summed E-state index contributed by atoms with van der Waals surface area (Å²) in [6.45, 7) is 4.59. The predicted octanol–water partition coefficient (Wildman–Crippen LogP) is 6.73. The number of benzene rings is 3. The van der Waals surface area contributed by atoms with E-state index in [4.69, 9.17) is 25.8 Å². The summed E-state index contributed by atoms with van der Waals surface area (Å²) in [7, 11) is 0. The van der Waals surface area contributed by atoms with Gasteiger partial charge >= 0.3 is 5.97 Å². The van der Waals surface area contributed by atoms with Crippen LogP contribution in [0, 0.1) is 6.92 Å². The standard InChI is InChI=1S/C26H21BrClNO4/c1-3-31-23-14-18(12-21(28)24(23)32-15-17-8-10-19(27)11-9-17)13-22-26(30)33-25(29-22)20-7-5-4-6-16(20)2/h4-14H,3,15H2,1-2H3/b22-13-. The van der Waals surface area contributed by atoms with E-state index in [1.165, 1.54) is 0 Å². The molecule has 0 saturated heterocycles. The highest BCUT2D eigenvalue weighted by molar-refractivity contribution is 9.10. The van der Waals surface area contributed by atoms with Gasteiger partial charge in [0.1, 0.15) is 6.61 Å². The van der Waals surface area contributed by atoms with Crippen LogP contribution in [0.3, 0.4) is 0 Å². The number of ether oxygens (including phenoxy) is 3. The zero-order valence-corrected chi connectivity index (χ0v) is 20.4. The SMILES string of the molecule is CCOc1cc(/C=C2\N=C(c3ccccc3C)OC2=O)cc(Cl)c1OCc1ccc(Br)cc1. The van der Waals surface area contributed by atoms with Crippen molar-refractivity contribution in [3.8, 4) is 11.5 Å². The highest BCUT2D eigenvalue weighted by Crippen LogP contribution is 2.38. The maximum atomic E-state index is 12.4. The fourth-order valence-electron chi connectivity index (χ4n) is 3.31. The van der Waals surface area contributed by atoms with Gasteiger partial charge in [0.15, 0.2) is 17.2 Å². The van der Waals surface area contributed by atoms with Crippen LogP contribution in [0.15, 0.2) is 75.8 Å². The molecule has 0 spiro atoms. The molecule has 3 aromatic carbocycles. The maximum Gasteiger partial charge on any atom is 0.363 e. The summed E-state index contributed by atoms with van der Waals surface area (Å²) in [5, 5.41) is 0.374. The summed E-state index contributed by atoms with van der Waals surface area (Å²) < 4.78 is 18.1. The van der Waals surface area contributed by atoms with Crippen LogP contribution < -0.4 is 9.47 Å². The molecule has 0 saturated carbocycles. The number of aryl methyl sites for hydroxylation is 1. The van der Waals surface area contributed by atoms with Crippen LogP contribution in [0.25, 0.3) is 6.08 Å². The molecule has 0 aliphatic carbocycles. The van der Waals surface area contributed by atoms with Crippen LogP contribution >= 0.6 is 27.5 Å². The van der Waals surface area contributed by atoms with Crippen LogP contribution in [0.2, 0.25) is 5.02 Å². The average molecular weight is 527 g/mol. The van der Waals surface area contributed by atoms with Crippen molar-refractivity contribution in [1.82, 2.24) is 0 Å². The van der Waals surface area contributed by atoms with Crippen LogP contribution in [0.5, 0.6) is 11.5 Å². The van der Waals surface area contributed by atoms with Gasteiger partial charge in [0.05, 0.1) is 11.6 Å². The molecule has 0 fully saturated rings. The van der Waals surface area contributed by atoms with Gasteiger partial charge in [0.25, 0.3) is 0 Å². The molecule has 1 aliphatic heterocycles. The Hall–Kier alpha value is -3.09. The van der Waals surface area contributed by atoms with E-state index in [1.807, 2.05) is 62.4 Å². The van der Waals surface area contributed by atoms with E-state index in [9.17, 15) is 4.79 Å². The summed E-state index contributed by atoms with van der Waals surface area (Å²) in [5.74, 6) is 0.706. The van der Waals surface area contributed by atoms with Gasteiger partial charge in [-0.1, -0.05) is 57.9 Å². The molecule has 7 heteroatoms. The fraction of sp³-hybridized carbons (Fsp3) is 0.154. The van der Waals surface area contributed by atoms with E-state index >= 15 is 0 Å². The third-order valence-electron chi connectivity index (χ3n) is 4.93. The lowest BCUT2D eigenvalue weighted by atomic mass is 10.1. The molecule has 0 aromatic heterocycles. The van der Waals surface area contributed by atoms with E-state index in [-0.39, 0.29) is 11.6 Å². The second kappa shape index (κ2) is 10.2. The van der Waals surface area contributed by atoms with Crippen LogP contribution in [-0.4, -0.2) is 18.5 Å². The number of halogens is 2. The molecule has 0 unspecified atom stereocenters. The van der Waals surface area contributed by atoms with Crippen molar-refractivity contribution in [2.45, 2.75) is 20.5 Å². The lowest BCUT2D eigenvalue weighted by Crippen LogP contribution is -2.06. The lowest BCUT2D eigenvalue weighted by molar-refractivity contribution is -0.129. The van der Waals surface area contributed by atoms with Crippen LogP contribution in [-0.2, 0) is 16.1 Å². The second-order valence-corrected chi connectivity index (χ2v) is 8.65. The van der Waals surface area contributed by atoms with Crippen molar-refractivity contribution >= 4 is 45.5 Å². The van der Waals surface area contributed by atoms with Crippen molar-refractivity contribution in [2.75, 3.05) is 6.61 Å². The number of rotatable bonds is 7. The molecule has 0 amide bonds. The van der Waals surface area contributed by atoms with Crippen molar-refractivity contribution in [3.63, 3.8) is 0 Å². The van der Waals surface area contributed by atoms with Crippen molar-refractivity contribution in [1.29, 1.82) is 0 Å². The average Bonchev–Trinajstić information content (AvgIpc) is 3.15. The first kappa shape index (κ1) is 23.1. The molecule has 168 valence electrons. The van der Waals surface area contributed by atoms with Crippen molar-refractivity contribution in [3.05, 3.63) is 98.1 Å². The minimum Gasteiger partial charge on any atom is -0.490 e. The van der Waals surface area contributed by atoms with Crippen molar-refractivity contribution in [2.24, 2.45) is 4.99 Å². The number of hydrogen-bond donors (Lipinski definition) is 0. The van der Waals surface area contributed by atoms with E-state index in [1.54, 1.807) is 18.2 Å². The summed E-state index contributed by atoms with van der Waals surface area (Å²) >= 11 is 9.96. The Morgan fingerprint density at radius 1 is 1.09 bits per heavy atom. The lowest BCUT2D eigenvalue weighted by Gasteiger charge is -2.14. The molecule has 0 N–H and O–H groups in total. The number of aliphatic imine (C=N–C) groups is 1. The third-order valence-corrected chi connectivity index (χ3v) is 5.74. The largest absolute Gasteiger partial charge is 0.490 e. The Morgan fingerprint density at radius 2 is 1.85 bits per heavy atom. The first-order chi connectivity index (χ1) is 15.9. The van der Waals surface area contributed by atoms with E-state index in [0.29, 0.717) is 35.3 Å². The number of carbonyl (C=O) groups is 1. The Morgan fingerprint density at radius 3 is 2.58 bits per heavy atom. The second-order valence-electron chi connectivity index (χ2n) is 7.33. The van der Waals surface area contributed by atoms with Gasteiger partial charge in [-0.05, 0) is 66.9 Å². The molecular weight excluding hydrogens is 506 g/mol. The molecule has 1 aliphatic rings. The molecule has 0 bridgehead atoms. The normalized spacial score (nSPS) is 14.2. The van der Waals surface area contributed by atoms with Gasteiger partial charge in [0, 0.05) is 10.0 Å². The summed E-state index contributed by atoms with van der Waals surface area (Å²) in [6.07, 6.45) is 1.63. The monoisotopic (exact) mass is 525 g/mol. The number of esters is 1. The first-order valence-electron chi connectivity index (χ1n) is 10.4. The smallest absolute Gasteiger partial charge is 0.363 e. The molecule has 0 radical (unpaired) electrons. The van der Waals surface area contributed by atoms with Crippen LogP contribution in [0.1, 0.15) is 29.2 Å². The summed E-state index contributed by atoms with van der Waals surface area (Å²) in [4.78, 5) is 16.8. The quantitative estimate of drug-likeness (QED) is 0.253. The molecular formula is C26H21BrClNO4. The van der Waals surface area contributed by atoms with Gasteiger partial charge < -0.3 is 14.2 Å². The first-order valence-corrected chi connectivity index (χ1v) is 11.5. The Balaban J connectivity index is 1.61. The van der Waals surface area contributed by atoms with Gasteiger partial charge in [-0.15, -0.1) is 0 Å². The minimum atomic E-state index is -0.516. The number of carbonyl (C=O) groups excluding carboxylic acids is 1. The molecule has 0 atom stereocenters. The predicted molar refractivity (Wildman–Crippen MR) is 133 cm³/mol. The number of cyclic esters (lactones) is 1. The Labute approximate surface area is 205 Å². The number of hydrogen-bond acceptors (Lipinski definition) is 5. The Bertz CT molecular complexity index is 1250. The highest BCUT2D eigenvalue weighted by Gasteiger charge is 2.25. The van der Waals surface area contributed by atoms with E-state index in [0.717, 1.165) is 21.2 Å². The highest BCUT2D eigenvalue weighted by atomic mass is 79.9. The molecule has 5 nitrogen and oxygen atoms in total. The summed E-state index contributed by atoms with van der Waals surface area (Å²) in [5.41, 5.74) is 3.59. The van der Waals surface area contributed by atoms with Gasteiger partial charge in [-0.3, -0.25) is 0 Å². The summed E-state index contributed by atoms with van der Waals surface area (Å²) in [6, 6.07) is 18.9. The topological polar surface area (TPSA) is 57.1 Å². The number of nitrogens with zero attached hydrogens (tertiary/aromatic N) is 1. The van der Waals surface area contributed by atoms with Crippen molar-refractivity contribution < 1.29 is 19.0 Å². The van der Waals surface area contributed by atoms with Crippen LogP contribution in [0.4, 0.5) is 0 Å². The maximum absolute atomic E-state index is 12.4. The van der Waals surface area contributed by atoms with E-state index < -0.39 is 5.97 Å². The molecule has 1 heterocycles. The zero-order chi connectivity index (χ0) is 23.4. The molecule has 4 rings (SSSR count). The molecule has 3 aromatic rings. The third kappa shape index (κ3) is 5.46. The molecule has 33 heavy (non-hydrogen) atoms.